The smallest absolute Gasteiger partial charge is 0.410 e. The first-order valence-electron chi connectivity index (χ1n) is 7.48. The van der Waals surface area contributed by atoms with E-state index in [1.807, 2.05) is 27.7 Å². The molecule has 6 nitrogen and oxygen atoms in total. The summed E-state index contributed by atoms with van der Waals surface area (Å²) in [7, 11) is 0. The van der Waals surface area contributed by atoms with Gasteiger partial charge in [-0.25, -0.2) is 14.8 Å². The number of aromatic nitrogens is 2. The molecule has 0 bridgehead atoms. The molecule has 1 saturated heterocycles. The number of aryl methyl sites for hydroxylation is 1. The van der Waals surface area contributed by atoms with Crippen LogP contribution in [0.1, 0.15) is 39.3 Å². The van der Waals surface area contributed by atoms with Crippen LogP contribution in [0.25, 0.3) is 0 Å². The Labute approximate surface area is 136 Å². The maximum atomic E-state index is 12.1. The van der Waals surface area contributed by atoms with Gasteiger partial charge in [-0.15, -0.1) is 0 Å². The van der Waals surface area contributed by atoms with Crippen molar-refractivity contribution in [1.82, 2.24) is 14.9 Å². The molecule has 7 heteroatoms. The predicted molar refractivity (Wildman–Crippen MR) is 86.2 cm³/mol. The van der Waals surface area contributed by atoms with Crippen molar-refractivity contribution in [3.05, 3.63) is 16.9 Å². The molecule has 22 heavy (non-hydrogen) atoms. The molecule has 0 aliphatic carbocycles. The molecule has 0 saturated carbocycles. The number of anilines is 1. The number of nitrogens with zero attached hydrogens (tertiary/aromatic N) is 3. The van der Waals surface area contributed by atoms with Crippen LogP contribution in [0.5, 0.6) is 0 Å². The zero-order chi connectivity index (χ0) is 16.3. The molecular formula is C15H23ClN4O2. The van der Waals surface area contributed by atoms with E-state index in [0.717, 1.165) is 18.5 Å². The molecule has 0 spiro atoms. The molecule has 1 fully saturated rings. The molecule has 0 radical (unpaired) electrons. The first kappa shape index (κ1) is 16.8. The highest BCUT2D eigenvalue weighted by Crippen LogP contribution is 2.18. The van der Waals surface area contributed by atoms with Gasteiger partial charge in [-0.05, 0) is 46.6 Å². The second kappa shape index (κ2) is 6.69. The second-order valence-corrected chi connectivity index (χ2v) is 6.95. The number of piperidine rings is 1. The van der Waals surface area contributed by atoms with Gasteiger partial charge >= 0.3 is 6.09 Å². The molecule has 1 aromatic heterocycles. The highest BCUT2D eigenvalue weighted by Gasteiger charge is 2.27. The lowest BCUT2D eigenvalue weighted by Crippen LogP contribution is -2.47. The van der Waals surface area contributed by atoms with E-state index in [4.69, 9.17) is 16.3 Å². The Hall–Kier alpha value is -1.56. The summed E-state index contributed by atoms with van der Waals surface area (Å²) < 4.78 is 5.42. The van der Waals surface area contributed by atoms with Crippen molar-refractivity contribution in [3.63, 3.8) is 0 Å². The number of carbonyl (C=O) groups is 1. The lowest BCUT2D eigenvalue weighted by molar-refractivity contribution is 0.0206. The number of amides is 1. The fraction of sp³-hybridized carbons (Fsp3) is 0.667. The highest BCUT2D eigenvalue weighted by atomic mass is 35.5. The molecule has 0 aromatic carbocycles. The van der Waals surface area contributed by atoms with Gasteiger partial charge < -0.3 is 15.0 Å². The van der Waals surface area contributed by atoms with E-state index in [1.165, 1.54) is 0 Å². The summed E-state index contributed by atoms with van der Waals surface area (Å²) in [6.45, 7) is 8.76. The van der Waals surface area contributed by atoms with Gasteiger partial charge in [-0.2, -0.15) is 0 Å². The summed E-state index contributed by atoms with van der Waals surface area (Å²) >= 11 is 5.94. The van der Waals surface area contributed by atoms with E-state index in [9.17, 15) is 4.79 Å². The van der Waals surface area contributed by atoms with Crippen LogP contribution in [0.15, 0.2) is 6.07 Å². The number of carbonyl (C=O) groups excluding carboxylic acids is 1. The van der Waals surface area contributed by atoms with E-state index in [0.29, 0.717) is 24.2 Å². The van der Waals surface area contributed by atoms with E-state index >= 15 is 0 Å². The normalized spacial score (nSPS) is 19.0. The molecule has 1 N–H and O–H groups in total. The Balaban J connectivity index is 1.97. The summed E-state index contributed by atoms with van der Waals surface area (Å²) in [5, 5.41) is 3.67. The minimum absolute atomic E-state index is 0.0964. The molecule has 2 rings (SSSR count). The molecular weight excluding hydrogens is 304 g/mol. The first-order chi connectivity index (χ1) is 10.2. The highest BCUT2D eigenvalue weighted by molar-refractivity contribution is 6.29. The molecule has 1 aliphatic heterocycles. The third-order valence-electron chi connectivity index (χ3n) is 3.23. The number of hydrogen-bond donors (Lipinski definition) is 1. The molecule has 1 atom stereocenters. The molecule has 0 unspecified atom stereocenters. The van der Waals surface area contributed by atoms with Gasteiger partial charge in [0.05, 0.1) is 0 Å². The lowest BCUT2D eigenvalue weighted by Gasteiger charge is -2.34. The van der Waals surface area contributed by atoms with Crippen molar-refractivity contribution in [2.75, 3.05) is 18.4 Å². The zero-order valence-electron chi connectivity index (χ0n) is 13.5. The first-order valence-corrected chi connectivity index (χ1v) is 7.86. The van der Waals surface area contributed by atoms with Crippen molar-refractivity contribution in [1.29, 1.82) is 0 Å². The minimum atomic E-state index is -0.482. The van der Waals surface area contributed by atoms with Gasteiger partial charge in [-0.3, -0.25) is 0 Å². The van der Waals surface area contributed by atoms with Crippen LogP contribution in [-0.4, -0.2) is 45.7 Å². The Kier molecular flexibility index (Phi) is 5.11. The number of likely N-dealkylation sites (tertiary alicyclic amines) is 1. The average molecular weight is 327 g/mol. The van der Waals surface area contributed by atoms with Crippen LogP contribution in [0.4, 0.5) is 10.7 Å². The maximum absolute atomic E-state index is 12.1. The Morgan fingerprint density at radius 2 is 2.18 bits per heavy atom. The Bertz CT molecular complexity index is 525. The lowest BCUT2D eigenvalue weighted by atomic mass is 10.1. The third-order valence-corrected chi connectivity index (χ3v) is 3.42. The Morgan fingerprint density at radius 1 is 1.45 bits per heavy atom. The quantitative estimate of drug-likeness (QED) is 0.845. The molecule has 1 amide bonds. The van der Waals surface area contributed by atoms with Gasteiger partial charge in [0.1, 0.15) is 10.8 Å². The summed E-state index contributed by atoms with van der Waals surface area (Å²) in [6, 6.07) is 1.81. The number of rotatable bonds is 2. The van der Waals surface area contributed by atoms with Crippen molar-refractivity contribution in [3.8, 4) is 0 Å². The van der Waals surface area contributed by atoms with E-state index in [1.54, 1.807) is 11.0 Å². The van der Waals surface area contributed by atoms with Crippen LogP contribution in [0, 0.1) is 6.92 Å². The fourth-order valence-electron chi connectivity index (χ4n) is 2.36. The maximum Gasteiger partial charge on any atom is 0.410 e. The van der Waals surface area contributed by atoms with Crippen LogP contribution in [0.2, 0.25) is 5.15 Å². The summed E-state index contributed by atoms with van der Waals surface area (Å²) in [5.41, 5.74) is 0.326. The Morgan fingerprint density at radius 3 is 2.82 bits per heavy atom. The van der Waals surface area contributed by atoms with Crippen LogP contribution in [-0.2, 0) is 4.74 Å². The van der Waals surface area contributed by atoms with Crippen molar-refractivity contribution in [2.24, 2.45) is 0 Å². The van der Waals surface area contributed by atoms with Crippen molar-refractivity contribution < 1.29 is 9.53 Å². The third kappa shape index (κ3) is 5.02. The predicted octanol–water partition coefficient (Wildman–Crippen LogP) is 3.25. The van der Waals surface area contributed by atoms with Crippen LogP contribution >= 0.6 is 11.6 Å². The molecule has 1 aliphatic rings. The van der Waals surface area contributed by atoms with Gasteiger partial charge in [0.25, 0.3) is 0 Å². The van der Waals surface area contributed by atoms with Gasteiger partial charge in [0.2, 0.25) is 5.95 Å². The fourth-order valence-corrected chi connectivity index (χ4v) is 2.60. The molecule has 1 aromatic rings. The second-order valence-electron chi connectivity index (χ2n) is 6.57. The SMILES string of the molecule is Cc1cc(Cl)nc(N[C@@H]2CCCN(C(=O)OC(C)(C)C)C2)n1. The van der Waals surface area contributed by atoms with E-state index in [-0.39, 0.29) is 12.1 Å². The minimum Gasteiger partial charge on any atom is -0.444 e. The van der Waals surface area contributed by atoms with E-state index < -0.39 is 5.60 Å². The van der Waals surface area contributed by atoms with Crippen LogP contribution < -0.4 is 5.32 Å². The van der Waals surface area contributed by atoms with Gasteiger partial charge in [-0.1, -0.05) is 11.6 Å². The van der Waals surface area contributed by atoms with Gasteiger partial charge in [0, 0.05) is 24.8 Å². The number of hydrogen-bond acceptors (Lipinski definition) is 5. The summed E-state index contributed by atoms with van der Waals surface area (Å²) in [5.74, 6) is 0.501. The number of nitrogens with one attached hydrogen (secondary N) is 1. The summed E-state index contributed by atoms with van der Waals surface area (Å²) in [6.07, 6.45) is 1.59. The molecule has 122 valence electrons. The standard InChI is InChI=1S/C15H23ClN4O2/c1-10-8-12(16)19-13(17-10)18-11-6-5-7-20(9-11)14(21)22-15(2,3)4/h8,11H,5-7,9H2,1-4H3,(H,17,18,19)/t11-/m1/s1. The van der Waals surface area contributed by atoms with Crippen molar-refractivity contribution >= 4 is 23.6 Å². The topological polar surface area (TPSA) is 67.4 Å². The summed E-state index contributed by atoms with van der Waals surface area (Å²) in [4.78, 5) is 22.4. The number of halogens is 1. The molecule has 2 heterocycles. The van der Waals surface area contributed by atoms with E-state index in [2.05, 4.69) is 15.3 Å². The largest absolute Gasteiger partial charge is 0.444 e. The average Bonchev–Trinajstić information content (AvgIpc) is 2.35. The van der Waals surface area contributed by atoms with Crippen LogP contribution in [0.3, 0.4) is 0 Å². The monoisotopic (exact) mass is 326 g/mol. The number of ether oxygens (including phenoxy) is 1. The van der Waals surface area contributed by atoms with Gasteiger partial charge in [0.15, 0.2) is 0 Å². The zero-order valence-corrected chi connectivity index (χ0v) is 14.3. The van der Waals surface area contributed by atoms with Crippen molar-refractivity contribution in [2.45, 2.75) is 52.2 Å².